The highest BCUT2D eigenvalue weighted by Gasteiger charge is 2.46. The topological polar surface area (TPSA) is 66.5 Å². The Morgan fingerprint density at radius 1 is 1.12 bits per heavy atom. The fourth-order valence-electron chi connectivity index (χ4n) is 3.39. The maximum Gasteiger partial charge on any atom is 0.233 e. The number of carbonyl (C=O) groups excluding carboxylic acids is 3. The van der Waals surface area contributed by atoms with Gasteiger partial charge in [-0.15, -0.1) is 0 Å². The monoisotopic (exact) mass is 326 g/mol. The molecular weight excluding hydrogens is 304 g/mol. The number of benzene rings is 1. The number of nitrogens with one attached hydrogen (secondary N) is 1. The smallest absolute Gasteiger partial charge is 0.233 e. The van der Waals surface area contributed by atoms with Crippen LogP contribution in [-0.4, -0.2) is 29.2 Å². The van der Waals surface area contributed by atoms with Crippen LogP contribution in [0.25, 0.3) is 0 Å². The first-order chi connectivity index (χ1) is 11.5. The first-order valence-corrected chi connectivity index (χ1v) is 8.34. The molecule has 0 bridgehead atoms. The van der Waals surface area contributed by atoms with E-state index in [2.05, 4.69) is 5.32 Å². The van der Waals surface area contributed by atoms with Crippen molar-refractivity contribution >= 4 is 23.4 Å². The number of hydrogen-bond acceptors (Lipinski definition) is 3. The molecule has 1 heterocycles. The number of rotatable bonds is 4. The quantitative estimate of drug-likeness (QED) is 0.683. The number of aryl methyl sites for hydroxylation is 2. The van der Waals surface area contributed by atoms with Crippen LogP contribution in [0.1, 0.15) is 30.4 Å². The van der Waals surface area contributed by atoms with Crippen molar-refractivity contribution in [3.05, 3.63) is 41.5 Å². The van der Waals surface area contributed by atoms with Gasteiger partial charge in [0, 0.05) is 18.7 Å². The van der Waals surface area contributed by atoms with Gasteiger partial charge in [-0.2, -0.15) is 0 Å². The van der Waals surface area contributed by atoms with Gasteiger partial charge in [0.05, 0.1) is 11.8 Å². The average molecular weight is 326 g/mol. The summed E-state index contributed by atoms with van der Waals surface area (Å²) in [6.07, 6.45) is 5.30. The number of likely N-dealkylation sites (tertiary alicyclic amines) is 1. The summed E-state index contributed by atoms with van der Waals surface area (Å²) in [4.78, 5) is 38.2. The van der Waals surface area contributed by atoms with Crippen molar-refractivity contribution in [2.24, 2.45) is 11.8 Å². The van der Waals surface area contributed by atoms with Crippen LogP contribution in [0.5, 0.6) is 0 Å². The summed E-state index contributed by atoms with van der Waals surface area (Å²) in [6, 6.07) is 5.86. The molecule has 1 saturated heterocycles. The van der Waals surface area contributed by atoms with Gasteiger partial charge < -0.3 is 5.32 Å². The van der Waals surface area contributed by atoms with Crippen molar-refractivity contribution in [1.29, 1.82) is 0 Å². The Labute approximate surface area is 141 Å². The summed E-state index contributed by atoms with van der Waals surface area (Å²) in [5.41, 5.74) is 2.83. The van der Waals surface area contributed by atoms with E-state index in [0.717, 1.165) is 16.8 Å². The van der Waals surface area contributed by atoms with Crippen LogP contribution in [0, 0.1) is 25.7 Å². The van der Waals surface area contributed by atoms with Gasteiger partial charge in [0.15, 0.2) is 0 Å². The van der Waals surface area contributed by atoms with Gasteiger partial charge in [-0.3, -0.25) is 19.3 Å². The van der Waals surface area contributed by atoms with E-state index >= 15 is 0 Å². The van der Waals surface area contributed by atoms with Gasteiger partial charge in [0.1, 0.15) is 0 Å². The lowest BCUT2D eigenvalue weighted by atomic mass is 9.85. The number of carbonyl (C=O) groups is 3. The first-order valence-electron chi connectivity index (χ1n) is 8.34. The van der Waals surface area contributed by atoms with Crippen LogP contribution in [0.3, 0.4) is 0 Å². The summed E-state index contributed by atoms with van der Waals surface area (Å²) >= 11 is 0. The van der Waals surface area contributed by atoms with E-state index < -0.39 is 0 Å². The standard InChI is InChI=1S/C19H22N2O3/c1-12-7-8-13(2)16(11-12)20-17(22)9-10-21-18(23)14-5-3-4-6-15(14)19(21)24/h3-4,7-8,11,14-15H,5-6,9-10H2,1-2H3,(H,20,22)/t14-,15+. The highest BCUT2D eigenvalue weighted by Crippen LogP contribution is 2.35. The summed E-state index contributed by atoms with van der Waals surface area (Å²) < 4.78 is 0. The first kappa shape index (κ1) is 16.4. The average Bonchev–Trinajstić information content (AvgIpc) is 2.81. The zero-order chi connectivity index (χ0) is 17.3. The molecule has 0 radical (unpaired) electrons. The predicted octanol–water partition coefficient (Wildman–Crippen LogP) is 2.58. The summed E-state index contributed by atoms with van der Waals surface area (Å²) in [7, 11) is 0. The van der Waals surface area contributed by atoms with Crippen molar-refractivity contribution < 1.29 is 14.4 Å². The molecular formula is C19H22N2O3. The summed E-state index contributed by atoms with van der Waals surface area (Å²) in [5, 5.41) is 2.87. The van der Waals surface area contributed by atoms with Crippen molar-refractivity contribution in [2.45, 2.75) is 33.1 Å². The van der Waals surface area contributed by atoms with Crippen molar-refractivity contribution in [1.82, 2.24) is 4.90 Å². The van der Waals surface area contributed by atoms with Crippen molar-refractivity contribution in [3.63, 3.8) is 0 Å². The number of hydrogen-bond donors (Lipinski definition) is 1. The highest BCUT2D eigenvalue weighted by atomic mass is 16.2. The molecule has 0 unspecified atom stereocenters. The Balaban J connectivity index is 1.59. The van der Waals surface area contributed by atoms with E-state index in [1.165, 1.54) is 4.90 Å². The van der Waals surface area contributed by atoms with Gasteiger partial charge in [0.2, 0.25) is 17.7 Å². The molecule has 3 amide bonds. The molecule has 0 saturated carbocycles. The Bertz CT molecular complexity index is 697. The van der Waals surface area contributed by atoms with Crippen LogP contribution in [-0.2, 0) is 14.4 Å². The number of anilines is 1. The van der Waals surface area contributed by atoms with Crippen LogP contribution in [0.15, 0.2) is 30.4 Å². The van der Waals surface area contributed by atoms with Crippen LogP contribution >= 0.6 is 0 Å². The molecule has 1 N–H and O–H groups in total. The lowest BCUT2D eigenvalue weighted by Crippen LogP contribution is -2.34. The number of amides is 3. The SMILES string of the molecule is Cc1ccc(C)c(NC(=O)CCN2C(=O)[C@H]3CC=CC[C@H]3C2=O)c1. The lowest BCUT2D eigenvalue weighted by Gasteiger charge is -2.15. The Kier molecular flexibility index (Phi) is 4.51. The number of imide groups is 1. The number of allylic oxidation sites excluding steroid dienone is 2. The zero-order valence-electron chi connectivity index (χ0n) is 14.0. The molecule has 1 aliphatic carbocycles. The van der Waals surface area contributed by atoms with Crippen molar-refractivity contribution in [2.75, 3.05) is 11.9 Å². The molecule has 0 aromatic heterocycles. The third-order valence-corrected chi connectivity index (χ3v) is 4.83. The Morgan fingerprint density at radius 3 is 2.38 bits per heavy atom. The fraction of sp³-hybridized carbons (Fsp3) is 0.421. The predicted molar refractivity (Wildman–Crippen MR) is 91.2 cm³/mol. The van der Waals surface area contributed by atoms with E-state index in [1.54, 1.807) is 0 Å². The van der Waals surface area contributed by atoms with Gasteiger partial charge >= 0.3 is 0 Å². The molecule has 1 aliphatic heterocycles. The second-order valence-corrected chi connectivity index (χ2v) is 6.60. The van der Waals surface area contributed by atoms with Gasteiger partial charge in [-0.25, -0.2) is 0 Å². The molecule has 1 aromatic carbocycles. The minimum atomic E-state index is -0.232. The molecule has 1 aromatic rings. The van der Waals surface area contributed by atoms with E-state index in [1.807, 2.05) is 44.2 Å². The van der Waals surface area contributed by atoms with Crippen molar-refractivity contribution in [3.8, 4) is 0 Å². The van der Waals surface area contributed by atoms with Gasteiger partial charge in [-0.05, 0) is 43.9 Å². The third kappa shape index (κ3) is 3.11. The molecule has 2 aliphatic rings. The second-order valence-electron chi connectivity index (χ2n) is 6.60. The fourth-order valence-corrected chi connectivity index (χ4v) is 3.39. The van der Waals surface area contributed by atoms with E-state index in [4.69, 9.17) is 0 Å². The number of nitrogens with zero attached hydrogens (tertiary/aromatic N) is 1. The maximum atomic E-state index is 12.4. The lowest BCUT2D eigenvalue weighted by molar-refractivity contribution is -0.140. The number of fused-ring (bicyclic) bond motifs is 1. The largest absolute Gasteiger partial charge is 0.326 e. The van der Waals surface area contributed by atoms with Gasteiger partial charge in [0.25, 0.3) is 0 Å². The molecule has 0 spiro atoms. The molecule has 24 heavy (non-hydrogen) atoms. The highest BCUT2D eigenvalue weighted by molar-refractivity contribution is 6.05. The maximum absolute atomic E-state index is 12.4. The van der Waals surface area contributed by atoms with E-state index in [0.29, 0.717) is 12.8 Å². The van der Waals surface area contributed by atoms with Gasteiger partial charge in [-0.1, -0.05) is 24.3 Å². The minimum absolute atomic E-state index is 0.123. The molecule has 3 rings (SSSR count). The molecule has 5 nitrogen and oxygen atoms in total. The third-order valence-electron chi connectivity index (χ3n) is 4.83. The minimum Gasteiger partial charge on any atom is -0.326 e. The normalized spacial score (nSPS) is 22.7. The molecule has 5 heteroatoms. The van der Waals surface area contributed by atoms with Crippen LogP contribution in [0.4, 0.5) is 5.69 Å². The summed E-state index contributed by atoms with van der Waals surface area (Å²) in [6.45, 7) is 4.05. The van der Waals surface area contributed by atoms with E-state index in [-0.39, 0.29) is 42.5 Å². The molecule has 2 atom stereocenters. The van der Waals surface area contributed by atoms with Crippen LogP contribution < -0.4 is 5.32 Å². The Morgan fingerprint density at radius 2 is 1.75 bits per heavy atom. The Hall–Kier alpha value is -2.43. The second kappa shape index (κ2) is 6.59. The molecule has 1 fully saturated rings. The summed E-state index contributed by atoms with van der Waals surface area (Å²) in [5.74, 6) is -0.908. The zero-order valence-corrected chi connectivity index (χ0v) is 14.0. The van der Waals surface area contributed by atoms with Crippen LogP contribution in [0.2, 0.25) is 0 Å². The molecule has 126 valence electrons. The van der Waals surface area contributed by atoms with E-state index in [9.17, 15) is 14.4 Å².